The molecule has 1 rings (SSSR count). The molecule has 19 heavy (non-hydrogen) atoms. The summed E-state index contributed by atoms with van der Waals surface area (Å²) in [5, 5.41) is 0. The van der Waals surface area contributed by atoms with Gasteiger partial charge >= 0.3 is 0 Å². The molecule has 1 amide bonds. The fourth-order valence-electron chi connectivity index (χ4n) is 1.68. The molecule has 0 unspecified atom stereocenters. The number of anilines is 2. The van der Waals surface area contributed by atoms with Gasteiger partial charge in [-0.3, -0.25) is 4.79 Å². The molecule has 1 aromatic carbocycles. The van der Waals surface area contributed by atoms with E-state index in [1.165, 1.54) is 4.90 Å². The number of carbonyl (C=O) groups is 1. The summed E-state index contributed by atoms with van der Waals surface area (Å²) in [6.45, 7) is 1.62. The van der Waals surface area contributed by atoms with Crippen molar-refractivity contribution in [3.63, 3.8) is 0 Å². The average Bonchev–Trinajstić information content (AvgIpc) is 2.37. The molecule has 0 heterocycles. The summed E-state index contributed by atoms with van der Waals surface area (Å²) in [7, 11) is 0. The average molecular weight is 272 g/mol. The first-order chi connectivity index (χ1) is 9.06. The molecule has 0 aliphatic rings. The topological polar surface area (TPSA) is 55.6 Å². The van der Waals surface area contributed by atoms with E-state index in [9.17, 15) is 13.6 Å². The van der Waals surface area contributed by atoms with Crippen LogP contribution in [0.4, 0.5) is 20.2 Å². The minimum absolute atomic E-state index is 0.0214. The van der Waals surface area contributed by atoms with E-state index < -0.39 is 13.0 Å². The largest absolute Gasteiger partial charge is 0.397 e. The smallest absolute Gasteiger partial charge is 0.261 e. The van der Waals surface area contributed by atoms with Gasteiger partial charge in [0.05, 0.1) is 24.4 Å². The number of rotatable bonds is 7. The van der Waals surface area contributed by atoms with Crippen molar-refractivity contribution in [1.29, 1.82) is 0 Å². The Bertz CT molecular complexity index is 413. The number of ether oxygens (including phenoxy) is 1. The van der Waals surface area contributed by atoms with Crippen molar-refractivity contribution in [2.75, 3.05) is 30.4 Å². The van der Waals surface area contributed by atoms with Gasteiger partial charge in [0.15, 0.2) is 0 Å². The number of hydrogen-bond donors (Lipinski definition) is 1. The van der Waals surface area contributed by atoms with E-state index in [1.54, 1.807) is 24.3 Å². The van der Waals surface area contributed by atoms with Gasteiger partial charge in [-0.1, -0.05) is 12.1 Å². The number of halogens is 2. The second-order valence-corrected chi connectivity index (χ2v) is 3.91. The Balaban J connectivity index is 2.55. The summed E-state index contributed by atoms with van der Waals surface area (Å²) in [6.07, 6.45) is -2.46. The molecule has 0 saturated heterocycles. The number of carbonyl (C=O) groups excluding carboxylic acids is 1. The van der Waals surface area contributed by atoms with Crippen LogP contribution in [0.25, 0.3) is 0 Å². The Hall–Kier alpha value is -1.69. The molecule has 0 fully saturated rings. The van der Waals surface area contributed by atoms with Crippen LogP contribution in [0, 0.1) is 0 Å². The Morgan fingerprint density at radius 3 is 2.68 bits per heavy atom. The van der Waals surface area contributed by atoms with Crippen LogP contribution in [0.1, 0.15) is 13.3 Å². The highest BCUT2D eigenvalue weighted by Crippen LogP contribution is 2.22. The second-order valence-electron chi connectivity index (χ2n) is 3.91. The molecule has 2 N–H and O–H groups in total. The summed E-state index contributed by atoms with van der Waals surface area (Å²) < 4.78 is 28.4. The van der Waals surface area contributed by atoms with Crippen molar-refractivity contribution in [2.24, 2.45) is 0 Å². The van der Waals surface area contributed by atoms with Crippen molar-refractivity contribution >= 4 is 17.3 Å². The molecule has 0 radical (unpaired) electrons. The van der Waals surface area contributed by atoms with E-state index in [0.29, 0.717) is 17.9 Å². The van der Waals surface area contributed by atoms with Gasteiger partial charge in [-0.2, -0.15) is 0 Å². The van der Waals surface area contributed by atoms with Crippen LogP contribution in [-0.2, 0) is 9.53 Å². The van der Waals surface area contributed by atoms with Gasteiger partial charge in [-0.25, -0.2) is 8.78 Å². The normalized spacial score (nSPS) is 10.7. The summed E-state index contributed by atoms with van der Waals surface area (Å²) >= 11 is 0. The molecular weight excluding hydrogens is 254 g/mol. The standard InChI is InChI=1S/C13H18F2N2O2/c1-2-17(11-6-4-3-5-10(11)16)13(18)7-8-19-9-12(14)15/h3-6,12H,2,7-9,16H2,1H3. The van der Waals surface area contributed by atoms with Crippen molar-refractivity contribution in [3.05, 3.63) is 24.3 Å². The van der Waals surface area contributed by atoms with Crippen LogP contribution >= 0.6 is 0 Å². The van der Waals surface area contributed by atoms with Gasteiger partial charge in [0.2, 0.25) is 5.91 Å². The zero-order valence-corrected chi connectivity index (χ0v) is 10.8. The minimum atomic E-state index is -2.51. The minimum Gasteiger partial charge on any atom is -0.397 e. The van der Waals surface area contributed by atoms with Crippen molar-refractivity contribution < 1.29 is 18.3 Å². The number of benzene rings is 1. The van der Waals surface area contributed by atoms with Gasteiger partial charge < -0.3 is 15.4 Å². The molecule has 0 aromatic heterocycles. The summed E-state index contributed by atoms with van der Waals surface area (Å²) in [5.74, 6) is -0.199. The third kappa shape index (κ3) is 4.82. The summed E-state index contributed by atoms with van der Waals surface area (Å²) in [4.78, 5) is 13.5. The molecule has 4 nitrogen and oxygen atoms in total. The highest BCUT2D eigenvalue weighted by molar-refractivity contribution is 5.96. The lowest BCUT2D eigenvalue weighted by atomic mass is 10.2. The Labute approximate surface area is 111 Å². The lowest BCUT2D eigenvalue weighted by Gasteiger charge is -2.22. The molecule has 6 heteroatoms. The van der Waals surface area contributed by atoms with E-state index in [2.05, 4.69) is 0 Å². The van der Waals surface area contributed by atoms with Crippen molar-refractivity contribution in [3.8, 4) is 0 Å². The monoisotopic (exact) mass is 272 g/mol. The quantitative estimate of drug-likeness (QED) is 0.612. The maximum absolute atomic E-state index is 12.0. The van der Waals surface area contributed by atoms with Gasteiger partial charge in [-0.15, -0.1) is 0 Å². The lowest BCUT2D eigenvalue weighted by Crippen LogP contribution is -2.32. The van der Waals surface area contributed by atoms with Gasteiger partial charge in [0.1, 0.15) is 6.61 Å². The van der Waals surface area contributed by atoms with E-state index >= 15 is 0 Å². The molecule has 0 saturated carbocycles. The van der Waals surface area contributed by atoms with Crippen LogP contribution in [0.5, 0.6) is 0 Å². The molecule has 1 aromatic rings. The van der Waals surface area contributed by atoms with Gasteiger partial charge in [0.25, 0.3) is 6.43 Å². The van der Waals surface area contributed by atoms with E-state index in [0.717, 1.165) is 0 Å². The van der Waals surface area contributed by atoms with Gasteiger partial charge in [0, 0.05) is 6.54 Å². The Kier molecular flexibility index (Phi) is 6.21. The number of alkyl halides is 2. The molecule has 0 aliphatic carbocycles. The SMILES string of the molecule is CCN(C(=O)CCOCC(F)F)c1ccccc1N. The van der Waals surface area contributed by atoms with Crippen LogP contribution in [0.3, 0.4) is 0 Å². The number of nitrogens with two attached hydrogens (primary N) is 1. The summed E-state index contributed by atoms with van der Waals surface area (Å²) in [5.41, 5.74) is 6.94. The van der Waals surface area contributed by atoms with Crippen LogP contribution in [-0.4, -0.2) is 32.1 Å². The van der Waals surface area contributed by atoms with Crippen molar-refractivity contribution in [1.82, 2.24) is 0 Å². The number of para-hydroxylation sites is 2. The molecule has 0 bridgehead atoms. The summed E-state index contributed by atoms with van der Waals surface area (Å²) in [6, 6.07) is 7.02. The molecule has 0 spiro atoms. The maximum Gasteiger partial charge on any atom is 0.261 e. The fourth-order valence-corrected chi connectivity index (χ4v) is 1.68. The third-order valence-electron chi connectivity index (χ3n) is 2.55. The lowest BCUT2D eigenvalue weighted by molar-refractivity contribution is -0.120. The fraction of sp³-hybridized carbons (Fsp3) is 0.462. The third-order valence-corrected chi connectivity index (χ3v) is 2.55. The second kappa shape index (κ2) is 7.68. The number of hydrogen-bond acceptors (Lipinski definition) is 3. The number of nitrogens with zero attached hydrogens (tertiary/aromatic N) is 1. The maximum atomic E-state index is 12.0. The first-order valence-electron chi connectivity index (χ1n) is 6.07. The molecule has 0 aliphatic heterocycles. The van der Waals surface area contributed by atoms with E-state index in [1.807, 2.05) is 6.92 Å². The van der Waals surface area contributed by atoms with Gasteiger partial charge in [-0.05, 0) is 19.1 Å². The molecule has 106 valence electrons. The van der Waals surface area contributed by atoms with Crippen LogP contribution in [0.15, 0.2) is 24.3 Å². The first-order valence-corrected chi connectivity index (χ1v) is 6.07. The van der Waals surface area contributed by atoms with E-state index in [4.69, 9.17) is 10.5 Å². The van der Waals surface area contributed by atoms with E-state index in [-0.39, 0.29) is 18.9 Å². The predicted molar refractivity (Wildman–Crippen MR) is 70.3 cm³/mol. The number of nitrogen functional groups attached to an aromatic ring is 1. The molecular formula is C13H18F2N2O2. The zero-order valence-electron chi connectivity index (χ0n) is 10.8. The first kappa shape index (κ1) is 15.4. The van der Waals surface area contributed by atoms with Crippen molar-refractivity contribution in [2.45, 2.75) is 19.8 Å². The van der Waals surface area contributed by atoms with Crippen LogP contribution in [0.2, 0.25) is 0 Å². The Morgan fingerprint density at radius 1 is 1.42 bits per heavy atom. The highest BCUT2D eigenvalue weighted by Gasteiger charge is 2.15. The van der Waals surface area contributed by atoms with Crippen LogP contribution < -0.4 is 10.6 Å². The number of amides is 1. The molecule has 0 atom stereocenters. The highest BCUT2D eigenvalue weighted by atomic mass is 19.3. The Morgan fingerprint density at radius 2 is 2.11 bits per heavy atom. The zero-order chi connectivity index (χ0) is 14.3. The predicted octanol–water partition coefficient (Wildman–Crippen LogP) is 2.29.